The number of aryl methyl sites for hydroxylation is 1. The largest absolute Gasteiger partial charge is 0.376 e. The van der Waals surface area contributed by atoms with E-state index in [0.29, 0.717) is 18.0 Å². The fourth-order valence-corrected chi connectivity index (χ4v) is 2.84. The van der Waals surface area contributed by atoms with Gasteiger partial charge in [-0.2, -0.15) is 0 Å². The summed E-state index contributed by atoms with van der Waals surface area (Å²) in [5.41, 5.74) is 2.67. The van der Waals surface area contributed by atoms with E-state index in [1.165, 1.54) is 12.1 Å². The second-order valence-electron chi connectivity index (χ2n) is 5.61. The number of sulfonamides is 1. The molecule has 0 fully saturated rings. The lowest BCUT2D eigenvalue weighted by atomic mass is 10.1. The van der Waals surface area contributed by atoms with E-state index < -0.39 is 10.0 Å². The fourth-order valence-electron chi connectivity index (χ4n) is 2.14. The first-order chi connectivity index (χ1) is 11.8. The number of carbonyl (C=O) groups excluding carboxylic acids is 1. The van der Waals surface area contributed by atoms with E-state index in [1.54, 1.807) is 18.2 Å². The summed E-state index contributed by atoms with van der Waals surface area (Å²) >= 11 is 6.03. The van der Waals surface area contributed by atoms with Gasteiger partial charge in [0.05, 0.1) is 11.4 Å². The van der Waals surface area contributed by atoms with Gasteiger partial charge in [-0.05, 0) is 48.7 Å². The lowest BCUT2D eigenvalue weighted by molar-refractivity contribution is -0.119. The number of nitrogens with one attached hydrogen (secondary N) is 2. The van der Waals surface area contributed by atoms with Crippen LogP contribution in [-0.4, -0.2) is 27.4 Å². The van der Waals surface area contributed by atoms with Crippen LogP contribution in [-0.2, 0) is 21.2 Å². The van der Waals surface area contributed by atoms with Crippen molar-refractivity contribution in [2.75, 3.05) is 18.4 Å². The molecule has 2 rings (SSSR count). The van der Waals surface area contributed by atoms with Gasteiger partial charge in [0.15, 0.2) is 0 Å². The summed E-state index contributed by atoms with van der Waals surface area (Å²) in [6.45, 7) is 2.50. The number of nitrogens with two attached hydrogens (primary N) is 1. The molecule has 0 unspecified atom stereocenters. The Morgan fingerprint density at radius 1 is 1.16 bits per heavy atom. The topological polar surface area (TPSA) is 101 Å². The predicted molar refractivity (Wildman–Crippen MR) is 99.2 cm³/mol. The maximum Gasteiger partial charge on any atom is 0.239 e. The van der Waals surface area contributed by atoms with Crippen molar-refractivity contribution in [1.82, 2.24) is 5.32 Å². The lowest BCUT2D eigenvalue weighted by Gasteiger charge is -2.09. The lowest BCUT2D eigenvalue weighted by Crippen LogP contribution is -2.31. The normalized spacial score (nSPS) is 11.2. The number of halogens is 1. The van der Waals surface area contributed by atoms with Crippen LogP contribution in [0.3, 0.4) is 0 Å². The zero-order chi connectivity index (χ0) is 18.4. The van der Waals surface area contributed by atoms with E-state index in [2.05, 4.69) is 10.6 Å². The van der Waals surface area contributed by atoms with Crippen molar-refractivity contribution in [3.05, 3.63) is 58.6 Å². The molecule has 0 bridgehead atoms. The zero-order valence-corrected chi connectivity index (χ0v) is 15.3. The molecular formula is C17H20ClN3O3S. The van der Waals surface area contributed by atoms with E-state index in [1.807, 2.05) is 19.1 Å². The average Bonchev–Trinajstić information content (AvgIpc) is 2.55. The van der Waals surface area contributed by atoms with Crippen molar-refractivity contribution < 1.29 is 13.2 Å². The predicted octanol–water partition coefficient (Wildman–Crippen LogP) is 2.07. The molecule has 0 saturated carbocycles. The number of anilines is 1. The SMILES string of the molecule is Cc1ccc(NCC(=O)NCCc2ccc(S(N)(=O)=O)cc2)cc1Cl. The standard InChI is InChI=1S/C17H20ClN3O3S/c1-12-2-5-14(10-16(12)18)21-11-17(22)20-9-8-13-3-6-15(7-4-13)25(19,23)24/h2-7,10,21H,8-9,11H2,1H3,(H,20,22)(H2,19,23,24). The molecule has 0 aliphatic rings. The number of hydrogen-bond donors (Lipinski definition) is 3. The first-order valence-electron chi connectivity index (χ1n) is 7.64. The number of carbonyl (C=O) groups is 1. The number of amides is 1. The summed E-state index contributed by atoms with van der Waals surface area (Å²) in [5, 5.41) is 11.5. The molecule has 8 heteroatoms. The van der Waals surface area contributed by atoms with Crippen LogP contribution in [0.4, 0.5) is 5.69 Å². The average molecular weight is 382 g/mol. The third kappa shape index (κ3) is 6.04. The molecule has 134 valence electrons. The summed E-state index contributed by atoms with van der Waals surface area (Å²) < 4.78 is 22.4. The second kappa shape index (κ2) is 8.33. The van der Waals surface area contributed by atoms with Crippen LogP contribution in [0.15, 0.2) is 47.4 Å². The van der Waals surface area contributed by atoms with Gasteiger partial charge in [-0.25, -0.2) is 13.6 Å². The van der Waals surface area contributed by atoms with Gasteiger partial charge in [0, 0.05) is 17.3 Å². The van der Waals surface area contributed by atoms with E-state index in [4.69, 9.17) is 16.7 Å². The molecule has 0 spiro atoms. The fraction of sp³-hybridized carbons (Fsp3) is 0.235. The molecule has 2 aromatic rings. The van der Waals surface area contributed by atoms with Gasteiger partial charge in [0.25, 0.3) is 0 Å². The summed E-state index contributed by atoms with van der Waals surface area (Å²) in [4.78, 5) is 11.9. The highest BCUT2D eigenvalue weighted by molar-refractivity contribution is 7.89. The van der Waals surface area contributed by atoms with Crippen molar-refractivity contribution in [3.63, 3.8) is 0 Å². The minimum absolute atomic E-state index is 0.0706. The number of rotatable bonds is 7. The van der Waals surface area contributed by atoms with Crippen LogP contribution in [0, 0.1) is 6.92 Å². The highest BCUT2D eigenvalue weighted by Gasteiger charge is 2.07. The molecule has 0 heterocycles. The smallest absolute Gasteiger partial charge is 0.239 e. The maximum absolute atomic E-state index is 11.8. The Morgan fingerprint density at radius 3 is 2.44 bits per heavy atom. The molecule has 25 heavy (non-hydrogen) atoms. The molecule has 0 aromatic heterocycles. The van der Waals surface area contributed by atoms with Crippen LogP contribution < -0.4 is 15.8 Å². The molecule has 0 aliphatic heterocycles. The van der Waals surface area contributed by atoms with Crippen molar-refractivity contribution in [2.24, 2.45) is 5.14 Å². The quantitative estimate of drug-likeness (QED) is 0.683. The van der Waals surface area contributed by atoms with Crippen LogP contribution in [0.2, 0.25) is 5.02 Å². The summed E-state index contributed by atoms with van der Waals surface area (Å²) in [6.07, 6.45) is 0.590. The monoisotopic (exact) mass is 381 g/mol. The molecule has 2 aromatic carbocycles. The van der Waals surface area contributed by atoms with Crippen molar-refractivity contribution in [2.45, 2.75) is 18.2 Å². The van der Waals surface area contributed by atoms with Crippen molar-refractivity contribution >= 4 is 33.2 Å². The Morgan fingerprint density at radius 2 is 1.84 bits per heavy atom. The molecule has 0 atom stereocenters. The summed E-state index contributed by atoms with van der Waals surface area (Å²) in [6, 6.07) is 11.8. The van der Waals surface area contributed by atoms with Gasteiger partial charge in [-0.1, -0.05) is 29.8 Å². The number of hydrogen-bond acceptors (Lipinski definition) is 4. The molecule has 0 aliphatic carbocycles. The Hall–Kier alpha value is -2.09. The number of benzene rings is 2. The van der Waals surface area contributed by atoms with E-state index in [9.17, 15) is 13.2 Å². The molecule has 0 saturated heterocycles. The minimum Gasteiger partial charge on any atom is -0.376 e. The second-order valence-corrected chi connectivity index (χ2v) is 7.58. The minimum atomic E-state index is -3.68. The highest BCUT2D eigenvalue weighted by atomic mass is 35.5. The highest BCUT2D eigenvalue weighted by Crippen LogP contribution is 2.19. The Labute approximate surface area is 152 Å². The molecule has 1 amide bonds. The van der Waals surface area contributed by atoms with Gasteiger partial charge < -0.3 is 10.6 Å². The van der Waals surface area contributed by atoms with E-state index in [-0.39, 0.29) is 17.3 Å². The number of primary sulfonamides is 1. The van der Waals surface area contributed by atoms with E-state index >= 15 is 0 Å². The summed E-state index contributed by atoms with van der Waals surface area (Å²) in [7, 11) is -3.68. The van der Waals surface area contributed by atoms with Crippen LogP contribution in [0.1, 0.15) is 11.1 Å². The van der Waals surface area contributed by atoms with Gasteiger partial charge in [-0.15, -0.1) is 0 Å². The molecule has 0 radical (unpaired) electrons. The van der Waals surface area contributed by atoms with Crippen molar-refractivity contribution in [3.8, 4) is 0 Å². The van der Waals surface area contributed by atoms with Gasteiger partial charge in [-0.3, -0.25) is 4.79 Å². The Kier molecular flexibility index (Phi) is 6.41. The van der Waals surface area contributed by atoms with Gasteiger partial charge >= 0.3 is 0 Å². The van der Waals surface area contributed by atoms with Gasteiger partial charge in [0.1, 0.15) is 0 Å². The third-order valence-corrected chi connectivity index (χ3v) is 4.95. The van der Waals surface area contributed by atoms with E-state index in [0.717, 1.165) is 16.8 Å². The Balaban J connectivity index is 1.75. The van der Waals surface area contributed by atoms with Gasteiger partial charge in [0.2, 0.25) is 15.9 Å². The molecular weight excluding hydrogens is 362 g/mol. The zero-order valence-electron chi connectivity index (χ0n) is 13.8. The van der Waals surface area contributed by atoms with Crippen LogP contribution >= 0.6 is 11.6 Å². The molecule has 6 nitrogen and oxygen atoms in total. The van der Waals surface area contributed by atoms with Crippen molar-refractivity contribution in [1.29, 1.82) is 0 Å². The first kappa shape index (κ1) is 19.2. The Bertz CT molecular complexity index is 852. The third-order valence-electron chi connectivity index (χ3n) is 3.61. The summed E-state index contributed by atoms with van der Waals surface area (Å²) in [5.74, 6) is -0.141. The van der Waals surface area contributed by atoms with Crippen LogP contribution in [0.5, 0.6) is 0 Å². The molecule has 4 N–H and O–H groups in total. The van der Waals surface area contributed by atoms with Crippen LogP contribution in [0.25, 0.3) is 0 Å². The first-order valence-corrected chi connectivity index (χ1v) is 9.56. The maximum atomic E-state index is 11.8.